The van der Waals surface area contributed by atoms with Crippen LogP contribution in [-0.4, -0.2) is 37.2 Å². The lowest BCUT2D eigenvalue weighted by atomic mass is 9.88. The first-order valence-electron chi connectivity index (χ1n) is 7.58. The van der Waals surface area contributed by atoms with E-state index in [1.54, 1.807) is 0 Å². The van der Waals surface area contributed by atoms with Gasteiger partial charge in [-0.05, 0) is 51.5 Å². The highest BCUT2D eigenvalue weighted by Gasteiger charge is 2.24. The SMILES string of the molecule is CC.CC1CCC(OC2CCN(C)CC2)CC1. The third-order valence-corrected chi connectivity index (χ3v) is 4.01. The molecule has 2 heteroatoms. The number of hydrogen-bond donors (Lipinski definition) is 0. The summed E-state index contributed by atoms with van der Waals surface area (Å²) in [6.07, 6.45) is 8.95. The van der Waals surface area contributed by atoms with E-state index in [4.69, 9.17) is 4.74 Å². The number of rotatable bonds is 2. The van der Waals surface area contributed by atoms with Crippen molar-refractivity contribution in [2.75, 3.05) is 20.1 Å². The van der Waals surface area contributed by atoms with E-state index in [1.807, 2.05) is 13.8 Å². The van der Waals surface area contributed by atoms with E-state index in [0.717, 1.165) is 5.92 Å². The predicted molar refractivity (Wildman–Crippen MR) is 74.4 cm³/mol. The molecule has 102 valence electrons. The van der Waals surface area contributed by atoms with Gasteiger partial charge in [-0.25, -0.2) is 0 Å². The zero-order valence-corrected chi connectivity index (χ0v) is 12.2. The molecule has 2 rings (SSSR count). The Labute approximate surface area is 108 Å². The van der Waals surface area contributed by atoms with Crippen LogP contribution in [0.3, 0.4) is 0 Å². The second kappa shape index (κ2) is 8.10. The van der Waals surface area contributed by atoms with E-state index in [0.29, 0.717) is 12.2 Å². The van der Waals surface area contributed by atoms with E-state index in [9.17, 15) is 0 Å². The molecule has 0 aromatic carbocycles. The van der Waals surface area contributed by atoms with Crippen molar-refractivity contribution in [2.24, 2.45) is 5.92 Å². The Balaban J connectivity index is 0.000000686. The maximum absolute atomic E-state index is 6.20. The maximum atomic E-state index is 6.20. The summed E-state index contributed by atoms with van der Waals surface area (Å²) >= 11 is 0. The van der Waals surface area contributed by atoms with Crippen molar-refractivity contribution in [3.8, 4) is 0 Å². The lowest BCUT2D eigenvalue weighted by molar-refractivity contribution is -0.0577. The lowest BCUT2D eigenvalue weighted by Crippen LogP contribution is -2.36. The normalized spacial score (nSPS) is 31.8. The maximum Gasteiger partial charge on any atom is 0.0603 e. The lowest BCUT2D eigenvalue weighted by Gasteiger charge is -2.34. The van der Waals surface area contributed by atoms with Gasteiger partial charge in [0.05, 0.1) is 12.2 Å². The first kappa shape index (κ1) is 15.0. The van der Waals surface area contributed by atoms with Gasteiger partial charge >= 0.3 is 0 Å². The third-order valence-electron chi connectivity index (χ3n) is 4.01. The molecule has 2 nitrogen and oxygen atoms in total. The second-order valence-corrected chi connectivity index (χ2v) is 5.52. The van der Waals surface area contributed by atoms with Crippen LogP contribution < -0.4 is 0 Å². The molecule has 0 atom stereocenters. The Morgan fingerprint density at radius 3 is 1.82 bits per heavy atom. The summed E-state index contributed by atoms with van der Waals surface area (Å²) in [6.45, 7) is 8.80. The summed E-state index contributed by atoms with van der Waals surface area (Å²) in [5, 5.41) is 0. The molecule has 1 saturated heterocycles. The molecule has 0 N–H and O–H groups in total. The van der Waals surface area contributed by atoms with Crippen LogP contribution in [0.25, 0.3) is 0 Å². The summed E-state index contributed by atoms with van der Waals surface area (Å²) in [7, 11) is 2.21. The van der Waals surface area contributed by atoms with Gasteiger partial charge in [0.25, 0.3) is 0 Å². The predicted octanol–water partition coefficient (Wildman–Crippen LogP) is 3.70. The number of nitrogens with zero attached hydrogens (tertiary/aromatic N) is 1. The van der Waals surface area contributed by atoms with Crippen LogP contribution in [0.15, 0.2) is 0 Å². The van der Waals surface area contributed by atoms with Crippen LogP contribution in [0.5, 0.6) is 0 Å². The summed E-state index contributed by atoms with van der Waals surface area (Å²) in [4.78, 5) is 2.41. The first-order chi connectivity index (χ1) is 8.24. The van der Waals surface area contributed by atoms with Crippen LogP contribution in [0.4, 0.5) is 0 Å². The number of piperidine rings is 1. The fourth-order valence-electron chi connectivity index (χ4n) is 2.76. The van der Waals surface area contributed by atoms with Gasteiger partial charge in [0, 0.05) is 13.1 Å². The summed E-state index contributed by atoms with van der Waals surface area (Å²) in [5.74, 6) is 0.933. The van der Waals surface area contributed by atoms with E-state index >= 15 is 0 Å². The Kier molecular flexibility index (Phi) is 7.14. The molecule has 0 bridgehead atoms. The van der Waals surface area contributed by atoms with Crippen molar-refractivity contribution in [3.05, 3.63) is 0 Å². The zero-order valence-electron chi connectivity index (χ0n) is 12.2. The fraction of sp³-hybridized carbons (Fsp3) is 1.00. The van der Waals surface area contributed by atoms with E-state index in [2.05, 4.69) is 18.9 Å². The molecule has 1 saturated carbocycles. The van der Waals surface area contributed by atoms with Crippen molar-refractivity contribution in [1.82, 2.24) is 4.90 Å². The Morgan fingerprint density at radius 1 is 0.824 bits per heavy atom. The molecular weight excluding hydrogens is 210 g/mol. The summed E-state index contributed by atoms with van der Waals surface area (Å²) in [5.41, 5.74) is 0. The molecular formula is C15H31NO. The van der Waals surface area contributed by atoms with E-state index < -0.39 is 0 Å². The van der Waals surface area contributed by atoms with Crippen LogP contribution in [-0.2, 0) is 4.74 Å². The summed E-state index contributed by atoms with van der Waals surface area (Å²) in [6, 6.07) is 0. The van der Waals surface area contributed by atoms with E-state index in [-0.39, 0.29) is 0 Å². The van der Waals surface area contributed by atoms with Gasteiger partial charge in [0.15, 0.2) is 0 Å². The molecule has 17 heavy (non-hydrogen) atoms. The fourth-order valence-corrected chi connectivity index (χ4v) is 2.76. The average molecular weight is 241 g/mol. The Morgan fingerprint density at radius 2 is 1.29 bits per heavy atom. The molecule has 0 aromatic heterocycles. The standard InChI is InChI=1S/C13H25NO.C2H6/c1-11-3-5-12(6-4-11)15-13-7-9-14(2)10-8-13;1-2/h11-13H,3-10H2,1-2H3;1-2H3. The molecule has 1 aliphatic heterocycles. The smallest absolute Gasteiger partial charge is 0.0603 e. The number of hydrogen-bond acceptors (Lipinski definition) is 2. The molecule has 0 amide bonds. The minimum Gasteiger partial charge on any atom is -0.375 e. The monoisotopic (exact) mass is 241 g/mol. The van der Waals surface area contributed by atoms with Gasteiger partial charge in [0.1, 0.15) is 0 Å². The van der Waals surface area contributed by atoms with Crippen molar-refractivity contribution in [2.45, 2.75) is 71.5 Å². The second-order valence-electron chi connectivity index (χ2n) is 5.52. The minimum absolute atomic E-state index is 0.555. The van der Waals surface area contributed by atoms with Crippen LogP contribution in [0, 0.1) is 5.92 Å². The van der Waals surface area contributed by atoms with Gasteiger partial charge in [-0.1, -0.05) is 20.8 Å². The van der Waals surface area contributed by atoms with Gasteiger partial charge in [-0.15, -0.1) is 0 Å². The van der Waals surface area contributed by atoms with Crippen LogP contribution in [0.1, 0.15) is 59.3 Å². The highest BCUT2D eigenvalue weighted by Crippen LogP contribution is 2.27. The van der Waals surface area contributed by atoms with Crippen molar-refractivity contribution in [1.29, 1.82) is 0 Å². The molecule has 0 unspecified atom stereocenters. The number of ether oxygens (including phenoxy) is 1. The minimum atomic E-state index is 0.555. The highest BCUT2D eigenvalue weighted by atomic mass is 16.5. The van der Waals surface area contributed by atoms with Crippen molar-refractivity contribution < 1.29 is 4.74 Å². The highest BCUT2D eigenvalue weighted by molar-refractivity contribution is 4.75. The Hall–Kier alpha value is -0.0800. The molecule has 0 radical (unpaired) electrons. The topological polar surface area (TPSA) is 12.5 Å². The summed E-state index contributed by atoms with van der Waals surface area (Å²) < 4.78 is 6.20. The Bertz CT molecular complexity index is 159. The van der Waals surface area contributed by atoms with Gasteiger partial charge in [-0.2, -0.15) is 0 Å². The van der Waals surface area contributed by atoms with Crippen LogP contribution >= 0.6 is 0 Å². The van der Waals surface area contributed by atoms with Gasteiger partial charge in [-0.3, -0.25) is 0 Å². The molecule has 2 fully saturated rings. The first-order valence-corrected chi connectivity index (χ1v) is 7.58. The number of likely N-dealkylation sites (tertiary alicyclic amines) is 1. The molecule has 0 aromatic rings. The quantitative estimate of drug-likeness (QED) is 0.731. The average Bonchev–Trinajstić information content (AvgIpc) is 2.37. The molecule has 1 aliphatic carbocycles. The molecule has 1 heterocycles. The third kappa shape index (κ3) is 5.39. The van der Waals surface area contributed by atoms with Gasteiger partial charge < -0.3 is 9.64 Å². The van der Waals surface area contributed by atoms with Crippen molar-refractivity contribution >= 4 is 0 Å². The molecule has 2 aliphatic rings. The largest absolute Gasteiger partial charge is 0.375 e. The van der Waals surface area contributed by atoms with Crippen molar-refractivity contribution in [3.63, 3.8) is 0 Å². The zero-order chi connectivity index (χ0) is 12.7. The van der Waals surface area contributed by atoms with Gasteiger partial charge in [0.2, 0.25) is 0 Å². The molecule has 0 spiro atoms. The van der Waals surface area contributed by atoms with E-state index in [1.165, 1.54) is 51.6 Å². The van der Waals surface area contributed by atoms with Crippen LogP contribution in [0.2, 0.25) is 0 Å².